The van der Waals surface area contributed by atoms with E-state index in [4.69, 9.17) is 15.0 Å². The third kappa shape index (κ3) is 2.73. The van der Waals surface area contributed by atoms with E-state index in [-0.39, 0.29) is 6.10 Å². The van der Waals surface area contributed by atoms with Crippen molar-refractivity contribution in [2.24, 2.45) is 11.7 Å². The van der Waals surface area contributed by atoms with Crippen LogP contribution in [0.2, 0.25) is 0 Å². The first-order valence-corrected chi connectivity index (χ1v) is 6.97. The van der Waals surface area contributed by atoms with Crippen LogP contribution in [0, 0.1) is 5.92 Å². The second-order valence-electron chi connectivity index (χ2n) is 5.19. The van der Waals surface area contributed by atoms with Gasteiger partial charge in [-0.25, -0.2) is 0 Å². The van der Waals surface area contributed by atoms with E-state index in [1.165, 1.54) is 18.4 Å². The van der Waals surface area contributed by atoms with Crippen molar-refractivity contribution in [1.29, 1.82) is 0 Å². The van der Waals surface area contributed by atoms with Gasteiger partial charge in [-0.2, -0.15) is 4.98 Å². The molecular formula is C15H19N3O2. The molecule has 0 radical (unpaired) electrons. The molecule has 1 unspecified atom stereocenters. The molecule has 2 aromatic rings. The fraction of sp³-hybridized carbons (Fsp3) is 0.467. The lowest BCUT2D eigenvalue weighted by atomic mass is 10.1. The van der Waals surface area contributed by atoms with Crippen molar-refractivity contribution in [2.75, 3.05) is 13.7 Å². The maximum atomic E-state index is 5.58. The summed E-state index contributed by atoms with van der Waals surface area (Å²) in [7, 11) is 1.70. The molecule has 3 rings (SSSR count). The van der Waals surface area contributed by atoms with Gasteiger partial charge in [0.1, 0.15) is 6.10 Å². The van der Waals surface area contributed by atoms with Crippen LogP contribution in [0.3, 0.4) is 0 Å². The zero-order valence-electron chi connectivity index (χ0n) is 11.6. The molecule has 1 saturated carbocycles. The van der Waals surface area contributed by atoms with E-state index in [2.05, 4.69) is 16.2 Å². The zero-order valence-corrected chi connectivity index (χ0v) is 11.6. The lowest BCUT2D eigenvalue weighted by molar-refractivity contribution is 0.0751. The van der Waals surface area contributed by atoms with Crippen LogP contribution in [0.25, 0.3) is 11.5 Å². The van der Waals surface area contributed by atoms with Gasteiger partial charge in [-0.15, -0.1) is 0 Å². The Balaban J connectivity index is 1.83. The van der Waals surface area contributed by atoms with Gasteiger partial charge in [-0.1, -0.05) is 17.3 Å². The van der Waals surface area contributed by atoms with Gasteiger partial charge in [0.2, 0.25) is 5.82 Å². The Labute approximate surface area is 118 Å². The van der Waals surface area contributed by atoms with E-state index >= 15 is 0 Å². The van der Waals surface area contributed by atoms with Crippen LogP contribution in [0.15, 0.2) is 28.8 Å². The third-order valence-corrected chi connectivity index (χ3v) is 3.61. The second kappa shape index (κ2) is 5.73. The Morgan fingerprint density at radius 1 is 1.45 bits per heavy atom. The summed E-state index contributed by atoms with van der Waals surface area (Å²) in [6.45, 7) is 0.631. The summed E-state index contributed by atoms with van der Waals surface area (Å²) in [5.74, 6) is 1.73. The smallest absolute Gasteiger partial charge is 0.258 e. The number of ether oxygens (including phenoxy) is 1. The first-order valence-electron chi connectivity index (χ1n) is 6.97. The predicted octanol–water partition coefficient (Wildman–Crippen LogP) is 2.34. The number of benzene rings is 1. The Morgan fingerprint density at radius 3 is 3.00 bits per heavy atom. The molecule has 1 aromatic heterocycles. The molecule has 20 heavy (non-hydrogen) atoms. The molecule has 1 aliphatic carbocycles. The van der Waals surface area contributed by atoms with Gasteiger partial charge in [0.05, 0.1) is 0 Å². The van der Waals surface area contributed by atoms with Crippen molar-refractivity contribution in [3.63, 3.8) is 0 Å². The number of rotatable bonds is 6. The topological polar surface area (TPSA) is 74.2 Å². The fourth-order valence-electron chi connectivity index (χ4n) is 2.40. The van der Waals surface area contributed by atoms with Gasteiger partial charge >= 0.3 is 0 Å². The highest BCUT2D eigenvalue weighted by Gasteiger charge is 2.35. The van der Waals surface area contributed by atoms with Gasteiger partial charge in [0, 0.05) is 12.7 Å². The molecule has 1 aromatic carbocycles. The molecule has 1 aliphatic rings. The number of nitrogens with zero attached hydrogens (tertiary/aromatic N) is 2. The largest absolute Gasteiger partial charge is 0.373 e. The molecule has 0 aliphatic heterocycles. The molecule has 5 heteroatoms. The Hall–Kier alpha value is -1.72. The Morgan fingerprint density at radius 2 is 2.30 bits per heavy atom. The van der Waals surface area contributed by atoms with E-state index in [1.807, 2.05) is 18.2 Å². The molecule has 106 valence electrons. The summed E-state index contributed by atoms with van der Waals surface area (Å²) < 4.78 is 10.8. The van der Waals surface area contributed by atoms with Crippen molar-refractivity contribution < 1.29 is 9.26 Å². The van der Waals surface area contributed by atoms with Crippen molar-refractivity contribution in [2.45, 2.75) is 25.4 Å². The van der Waals surface area contributed by atoms with Crippen LogP contribution in [0.1, 0.15) is 30.3 Å². The van der Waals surface area contributed by atoms with E-state index in [1.54, 1.807) is 7.11 Å². The summed E-state index contributed by atoms with van der Waals surface area (Å²) >= 11 is 0. The van der Waals surface area contributed by atoms with Gasteiger partial charge in [-0.05, 0) is 49.4 Å². The predicted molar refractivity (Wildman–Crippen MR) is 75.0 cm³/mol. The summed E-state index contributed by atoms with van der Waals surface area (Å²) in [6.07, 6.45) is 3.15. The molecule has 0 spiro atoms. The summed E-state index contributed by atoms with van der Waals surface area (Å²) in [5.41, 5.74) is 7.69. The molecular weight excluding hydrogens is 254 g/mol. The van der Waals surface area contributed by atoms with Gasteiger partial charge < -0.3 is 15.0 Å². The minimum atomic E-state index is -0.0419. The van der Waals surface area contributed by atoms with Crippen LogP contribution < -0.4 is 5.73 Å². The lowest BCUT2D eigenvalue weighted by Crippen LogP contribution is -2.05. The number of hydrogen-bond acceptors (Lipinski definition) is 5. The molecule has 0 amide bonds. The molecule has 1 heterocycles. The van der Waals surface area contributed by atoms with Crippen LogP contribution in [0.5, 0.6) is 0 Å². The molecule has 0 bridgehead atoms. The van der Waals surface area contributed by atoms with Crippen molar-refractivity contribution in [3.05, 3.63) is 35.7 Å². The van der Waals surface area contributed by atoms with E-state index < -0.39 is 0 Å². The number of hydrogen-bond donors (Lipinski definition) is 1. The maximum absolute atomic E-state index is 5.58. The molecule has 0 saturated heterocycles. The summed E-state index contributed by atoms with van der Waals surface area (Å²) in [6, 6.07) is 8.05. The Bertz CT molecular complexity index is 578. The highest BCUT2D eigenvalue weighted by atomic mass is 16.5. The monoisotopic (exact) mass is 273 g/mol. The van der Waals surface area contributed by atoms with Gasteiger partial charge in [-0.3, -0.25) is 0 Å². The van der Waals surface area contributed by atoms with E-state index in [9.17, 15) is 0 Å². The fourth-order valence-corrected chi connectivity index (χ4v) is 2.40. The van der Waals surface area contributed by atoms with Crippen LogP contribution >= 0.6 is 0 Å². The van der Waals surface area contributed by atoms with Gasteiger partial charge in [0.15, 0.2) is 0 Å². The third-order valence-electron chi connectivity index (χ3n) is 3.61. The van der Waals surface area contributed by atoms with E-state index in [0.717, 1.165) is 12.0 Å². The standard InChI is InChI=1S/C15H19N3O2/c1-19-13(11-5-6-11)14-17-15(20-18-14)12-4-2-3-10(9-12)7-8-16/h2-4,9,11,13H,5-8,16H2,1H3. The molecule has 1 fully saturated rings. The van der Waals surface area contributed by atoms with Crippen LogP contribution in [0.4, 0.5) is 0 Å². The van der Waals surface area contributed by atoms with Crippen LogP contribution in [-0.4, -0.2) is 23.8 Å². The second-order valence-corrected chi connectivity index (χ2v) is 5.19. The molecule has 1 atom stereocenters. The highest BCUT2D eigenvalue weighted by molar-refractivity contribution is 5.54. The quantitative estimate of drug-likeness (QED) is 0.874. The minimum absolute atomic E-state index is 0.0419. The summed E-state index contributed by atoms with van der Waals surface area (Å²) in [5, 5.41) is 4.06. The first kappa shape index (κ1) is 13.3. The molecule has 5 nitrogen and oxygen atoms in total. The zero-order chi connectivity index (χ0) is 13.9. The average molecular weight is 273 g/mol. The van der Waals surface area contributed by atoms with E-state index in [0.29, 0.717) is 24.2 Å². The summed E-state index contributed by atoms with van der Waals surface area (Å²) in [4.78, 5) is 4.48. The van der Waals surface area contributed by atoms with Crippen LogP contribution in [-0.2, 0) is 11.2 Å². The average Bonchev–Trinajstić information content (AvgIpc) is 3.17. The normalized spacial score (nSPS) is 16.3. The number of nitrogens with two attached hydrogens (primary N) is 1. The van der Waals surface area contributed by atoms with Crippen molar-refractivity contribution in [3.8, 4) is 11.5 Å². The SMILES string of the molecule is COC(c1noc(-c2cccc(CCN)c2)n1)C1CC1. The highest BCUT2D eigenvalue weighted by Crippen LogP contribution is 2.42. The maximum Gasteiger partial charge on any atom is 0.258 e. The van der Waals surface area contributed by atoms with Crippen molar-refractivity contribution >= 4 is 0 Å². The first-order chi connectivity index (χ1) is 9.81. The van der Waals surface area contributed by atoms with Gasteiger partial charge in [0.25, 0.3) is 5.89 Å². The lowest BCUT2D eigenvalue weighted by Gasteiger charge is -2.08. The number of methoxy groups -OCH3 is 1. The molecule has 2 N–H and O–H groups in total. The Kier molecular flexibility index (Phi) is 3.80. The minimum Gasteiger partial charge on any atom is -0.373 e. The number of aromatic nitrogens is 2. The van der Waals surface area contributed by atoms with Crippen molar-refractivity contribution in [1.82, 2.24) is 10.1 Å².